The van der Waals surface area contributed by atoms with E-state index in [-0.39, 0.29) is 35.4 Å². The summed E-state index contributed by atoms with van der Waals surface area (Å²) in [6.45, 7) is 1.17. The Morgan fingerprint density at radius 3 is 2.70 bits per heavy atom. The molecule has 0 saturated carbocycles. The van der Waals surface area contributed by atoms with Crippen LogP contribution in [0.5, 0.6) is 17.4 Å². The molecule has 12 nitrogen and oxygen atoms in total. The SMILES string of the molecule is COc1c(-c2ccn(C)n2)cc(OC(C)OCc2nc(OC(N)=O)ccc2F)cc1[N+](=O)[O-]. The number of nitro groups is 1. The Labute approximate surface area is 186 Å². The molecule has 2 aromatic heterocycles. The molecule has 0 saturated heterocycles. The van der Waals surface area contributed by atoms with Crippen molar-refractivity contribution in [1.82, 2.24) is 14.8 Å². The van der Waals surface area contributed by atoms with Crippen LogP contribution in [0.25, 0.3) is 11.3 Å². The standard InChI is InChI=1S/C20H20FN5O7/c1-11(31-10-16-14(21)4-5-18(23-16)33-20(22)27)32-12-8-13(15-6-7-25(2)24-15)19(30-3)17(9-12)26(28)29/h4-9,11H,10H2,1-3H3,(H2,22,27). The molecule has 3 aromatic rings. The van der Waals surface area contributed by atoms with Gasteiger partial charge in [0.15, 0.2) is 6.29 Å². The number of nitro benzene ring substituents is 1. The van der Waals surface area contributed by atoms with Crippen molar-refractivity contribution >= 4 is 11.8 Å². The number of halogens is 1. The van der Waals surface area contributed by atoms with Crippen molar-refractivity contribution in [3.63, 3.8) is 0 Å². The van der Waals surface area contributed by atoms with Crippen molar-refractivity contribution in [3.8, 4) is 28.6 Å². The fourth-order valence-corrected chi connectivity index (χ4v) is 2.90. The summed E-state index contributed by atoms with van der Waals surface area (Å²) in [5.41, 5.74) is 5.23. The number of pyridine rings is 1. The van der Waals surface area contributed by atoms with Gasteiger partial charge in [0, 0.05) is 19.3 Å². The molecule has 13 heteroatoms. The van der Waals surface area contributed by atoms with Gasteiger partial charge in [0.05, 0.1) is 36.0 Å². The maximum absolute atomic E-state index is 14.0. The zero-order valence-electron chi connectivity index (χ0n) is 17.9. The first-order chi connectivity index (χ1) is 15.7. The molecule has 0 radical (unpaired) electrons. The Kier molecular flexibility index (Phi) is 7.03. The summed E-state index contributed by atoms with van der Waals surface area (Å²) in [6, 6.07) is 6.56. The topological polar surface area (TPSA) is 154 Å². The third kappa shape index (κ3) is 5.71. The number of ether oxygens (including phenoxy) is 4. The molecule has 0 aliphatic carbocycles. The van der Waals surface area contributed by atoms with Crippen LogP contribution in [-0.4, -0.2) is 39.2 Å². The number of aromatic nitrogens is 3. The average molecular weight is 461 g/mol. The number of carbonyl (C=O) groups excluding carboxylic acids is 1. The van der Waals surface area contributed by atoms with E-state index in [4.69, 9.17) is 19.9 Å². The van der Waals surface area contributed by atoms with Gasteiger partial charge in [-0.3, -0.25) is 14.8 Å². The molecule has 0 aliphatic rings. The summed E-state index contributed by atoms with van der Waals surface area (Å²) in [4.78, 5) is 25.6. The molecule has 1 aromatic carbocycles. The van der Waals surface area contributed by atoms with E-state index in [1.807, 2.05) is 0 Å². The van der Waals surface area contributed by atoms with Crippen LogP contribution in [0.4, 0.5) is 14.9 Å². The lowest BCUT2D eigenvalue weighted by Gasteiger charge is -2.17. The molecule has 2 heterocycles. The second-order valence-corrected chi connectivity index (χ2v) is 6.65. The Balaban J connectivity index is 1.81. The highest BCUT2D eigenvalue weighted by Gasteiger charge is 2.24. The quantitative estimate of drug-likeness (QED) is 0.288. The predicted molar refractivity (Wildman–Crippen MR) is 111 cm³/mol. The van der Waals surface area contributed by atoms with Crippen molar-refractivity contribution in [2.45, 2.75) is 19.8 Å². The van der Waals surface area contributed by atoms with Gasteiger partial charge >= 0.3 is 11.8 Å². The van der Waals surface area contributed by atoms with Crippen molar-refractivity contribution in [1.29, 1.82) is 0 Å². The van der Waals surface area contributed by atoms with Crippen LogP contribution in [0.2, 0.25) is 0 Å². The number of hydrogen-bond acceptors (Lipinski definition) is 9. The van der Waals surface area contributed by atoms with E-state index >= 15 is 0 Å². The summed E-state index contributed by atoms with van der Waals surface area (Å²) in [5.74, 6) is -0.759. The molecule has 2 N–H and O–H groups in total. The number of nitrogens with zero attached hydrogens (tertiary/aromatic N) is 4. The van der Waals surface area contributed by atoms with E-state index in [0.717, 1.165) is 12.1 Å². The molecular weight excluding hydrogens is 441 g/mol. The minimum absolute atomic E-state index is 0.0251. The highest BCUT2D eigenvalue weighted by atomic mass is 19.1. The Morgan fingerprint density at radius 1 is 1.33 bits per heavy atom. The fraction of sp³-hybridized carbons (Fsp3) is 0.250. The molecule has 174 valence electrons. The number of rotatable bonds is 9. The van der Waals surface area contributed by atoms with Gasteiger partial charge in [0.25, 0.3) is 0 Å². The van der Waals surface area contributed by atoms with Crippen LogP contribution in [0, 0.1) is 15.9 Å². The van der Waals surface area contributed by atoms with Crippen LogP contribution in [0.15, 0.2) is 36.5 Å². The third-order valence-electron chi connectivity index (χ3n) is 4.29. The second-order valence-electron chi connectivity index (χ2n) is 6.65. The molecule has 1 atom stereocenters. The number of carbonyl (C=O) groups is 1. The summed E-state index contributed by atoms with van der Waals surface area (Å²) in [6.07, 6.45) is -0.378. The van der Waals surface area contributed by atoms with E-state index < -0.39 is 23.1 Å². The molecule has 1 amide bonds. The smallest absolute Gasteiger partial charge is 0.411 e. The number of hydrogen-bond donors (Lipinski definition) is 1. The maximum Gasteiger partial charge on any atom is 0.411 e. The van der Waals surface area contributed by atoms with E-state index in [1.54, 1.807) is 19.3 Å². The lowest BCUT2D eigenvalue weighted by molar-refractivity contribution is -0.385. The number of aryl methyl sites for hydroxylation is 1. The molecule has 3 rings (SSSR count). The number of primary amides is 1. The largest absolute Gasteiger partial charge is 0.490 e. The Hall–Kier alpha value is -4.26. The number of nitrogens with two attached hydrogens (primary N) is 1. The van der Waals surface area contributed by atoms with Crippen molar-refractivity contribution < 1.29 is 33.1 Å². The van der Waals surface area contributed by atoms with E-state index in [0.29, 0.717) is 11.3 Å². The Bertz CT molecular complexity index is 1180. The highest BCUT2D eigenvalue weighted by Crippen LogP contribution is 2.41. The monoisotopic (exact) mass is 461 g/mol. The zero-order chi connectivity index (χ0) is 24.1. The van der Waals surface area contributed by atoms with Crippen molar-refractivity contribution in [3.05, 3.63) is 58.2 Å². The molecule has 0 fully saturated rings. The lowest BCUT2D eigenvalue weighted by Crippen LogP contribution is -2.19. The molecule has 0 aliphatic heterocycles. The average Bonchev–Trinajstić information content (AvgIpc) is 3.19. The normalized spacial score (nSPS) is 11.6. The second kappa shape index (κ2) is 9.91. The summed E-state index contributed by atoms with van der Waals surface area (Å²) >= 11 is 0. The van der Waals surface area contributed by atoms with Crippen LogP contribution in [0.3, 0.4) is 0 Å². The predicted octanol–water partition coefficient (Wildman–Crippen LogP) is 2.94. The van der Waals surface area contributed by atoms with Crippen molar-refractivity contribution in [2.75, 3.05) is 7.11 Å². The van der Waals surface area contributed by atoms with E-state index in [2.05, 4.69) is 14.8 Å². The first kappa shape index (κ1) is 23.4. The van der Waals surface area contributed by atoms with Crippen LogP contribution >= 0.6 is 0 Å². The first-order valence-corrected chi connectivity index (χ1v) is 9.45. The van der Waals surface area contributed by atoms with Crippen LogP contribution < -0.4 is 19.9 Å². The van der Waals surface area contributed by atoms with Gasteiger partial charge in [-0.2, -0.15) is 5.10 Å². The summed E-state index contributed by atoms with van der Waals surface area (Å²) in [5, 5.41) is 15.8. The lowest BCUT2D eigenvalue weighted by atomic mass is 10.1. The zero-order valence-corrected chi connectivity index (χ0v) is 17.9. The fourth-order valence-electron chi connectivity index (χ4n) is 2.90. The van der Waals surface area contributed by atoms with Gasteiger partial charge in [0.2, 0.25) is 11.6 Å². The van der Waals surface area contributed by atoms with Crippen molar-refractivity contribution in [2.24, 2.45) is 12.8 Å². The summed E-state index contributed by atoms with van der Waals surface area (Å²) in [7, 11) is 3.02. The molecular formula is C20H20FN5O7. The van der Waals surface area contributed by atoms with Crippen LogP contribution in [-0.2, 0) is 18.4 Å². The molecule has 33 heavy (non-hydrogen) atoms. The number of amides is 1. The van der Waals surface area contributed by atoms with E-state index in [9.17, 15) is 19.3 Å². The molecule has 0 spiro atoms. The Morgan fingerprint density at radius 2 is 2.09 bits per heavy atom. The van der Waals surface area contributed by atoms with Gasteiger partial charge in [-0.1, -0.05) is 0 Å². The minimum Gasteiger partial charge on any atom is -0.490 e. The number of methoxy groups -OCH3 is 1. The third-order valence-corrected chi connectivity index (χ3v) is 4.29. The molecule has 0 bridgehead atoms. The minimum atomic E-state index is -1.09. The van der Waals surface area contributed by atoms with Gasteiger partial charge in [0.1, 0.15) is 17.3 Å². The highest BCUT2D eigenvalue weighted by molar-refractivity contribution is 5.75. The van der Waals surface area contributed by atoms with E-state index in [1.165, 1.54) is 30.8 Å². The van der Waals surface area contributed by atoms with Gasteiger partial charge in [-0.05, 0) is 25.1 Å². The van der Waals surface area contributed by atoms with Crippen LogP contribution in [0.1, 0.15) is 12.6 Å². The number of benzene rings is 1. The molecule has 1 unspecified atom stereocenters. The maximum atomic E-state index is 14.0. The first-order valence-electron chi connectivity index (χ1n) is 9.45. The van der Waals surface area contributed by atoms with Gasteiger partial charge < -0.3 is 24.7 Å². The van der Waals surface area contributed by atoms with Gasteiger partial charge in [-0.15, -0.1) is 0 Å². The van der Waals surface area contributed by atoms with Gasteiger partial charge in [-0.25, -0.2) is 14.2 Å². The summed E-state index contributed by atoms with van der Waals surface area (Å²) < 4.78 is 36.5.